The van der Waals surface area contributed by atoms with Gasteiger partial charge >= 0.3 is 0 Å². The molecule has 1 fully saturated rings. The molecule has 25 heavy (non-hydrogen) atoms. The maximum Gasteiger partial charge on any atom is 0.242 e. The maximum atomic E-state index is 13.3. The van der Waals surface area contributed by atoms with Crippen LogP contribution in [0, 0.1) is 5.82 Å². The van der Waals surface area contributed by atoms with Crippen LogP contribution in [0.1, 0.15) is 6.42 Å². The van der Waals surface area contributed by atoms with Crippen molar-refractivity contribution in [2.24, 2.45) is 4.99 Å². The summed E-state index contributed by atoms with van der Waals surface area (Å²) < 4.78 is 13.3. The highest BCUT2D eigenvalue weighted by molar-refractivity contribution is 8.15. The molecule has 1 aliphatic rings. The lowest BCUT2D eigenvalue weighted by molar-refractivity contribution is -0.127. The van der Waals surface area contributed by atoms with Gasteiger partial charge in [0.05, 0.1) is 5.69 Å². The average molecular weight is 357 g/mol. The van der Waals surface area contributed by atoms with Crippen molar-refractivity contribution < 1.29 is 14.0 Å². The van der Waals surface area contributed by atoms with E-state index in [1.54, 1.807) is 31.3 Å². The summed E-state index contributed by atoms with van der Waals surface area (Å²) >= 11 is 1.21. The van der Waals surface area contributed by atoms with Gasteiger partial charge in [0.15, 0.2) is 5.17 Å². The van der Waals surface area contributed by atoms with E-state index in [-0.39, 0.29) is 18.2 Å². The molecule has 1 heterocycles. The molecule has 1 saturated heterocycles. The van der Waals surface area contributed by atoms with Crippen molar-refractivity contribution in [3.63, 3.8) is 0 Å². The number of halogens is 1. The maximum absolute atomic E-state index is 13.3. The molecular formula is C18H16FN3O2S. The number of nitrogens with one attached hydrogen (secondary N) is 1. The van der Waals surface area contributed by atoms with Crippen LogP contribution in [-0.2, 0) is 9.59 Å². The summed E-state index contributed by atoms with van der Waals surface area (Å²) in [4.78, 5) is 30.2. The number of rotatable bonds is 4. The van der Waals surface area contributed by atoms with Gasteiger partial charge in [0.25, 0.3) is 0 Å². The Balaban J connectivity index is 1.67. The number of nitrogens with zero attached hydrogens (tertiary/aromatic N) is 2. The topological polar surface area (TPSA) is 61.8 Å². The molecule has 1 aliphatic heterocycles. The molecule has 0 spiro atoms. The number of aliphatic imine (C=N–C) groups is 1. The summed E-state index contributed by atoms with van der Waals surface area (Å²) in [5.74, 6) is -0.821. The second-order valence-electron chi connectivity index (χ2n) is 5.50. The number of amides is 2. The molecular weight excluding hydrogens is 341 g/mol. The predicted octanol–water partition coefficient (Wildman–Crippen LogP) is 3.42. The van der Waals surface area contributed by atoms with Crippen molar-refractivity contribution in [1.82, 2.24) is 4.90 Å². The lowest BCUT2D eigenvalue weighted by Gasteiger charge is -2.09. The van der Waals surface area contributed by atoms with E-state index in [9.17, 15) is 14.0 Å². The van der Waals surface area contributed by atoms with Crippen LogP contribution in [-0.4, -0.2) is 34.2 Å². The monoisotopic (exact) mass is 357 g/mol. The Labute approximate surface area is 148 Å². The smallest absolute Gasteiger partial charge is 0.242 e. The second kappa shape index (κ2) is 7.48. The molecule has 5 nitrogen and oxygen atoms in total. The molecule has 3 rings (SSSR count). The number of carbonyl (C=O) groups is 2. The van der Waals surface area contributed by atoms with Gasteiger partial charge in [-0.15, -0.1) is 0 Å². The molecule has 128 valence electrons. The fraction of sp³-hybridized carbons (Fsp3) is 0.167. The number of thioether (sulfide) groups is 1. The first-order valence-electron chi connectivity index (χ1n) is 7.66. The van der Waals surface area contributed by atoms with Gasteiger partial charge in [-0.3, -0.25) is 14.5 Å². The van der Waals surface area contributed by atoms with E-state index in [0.717, 1.165) is 0 Å². The normalized spacial score (nSPS) is 18.6. The minimum Gasteiger partial charge on any atom is -0.326 e. The highest BCUT2D eigenvalue weighted by Crippen LogP contribution is 2.30. The van der Waals surface area contributed by atoms with E-state index in [4.69, 9.17) is 0 Å². The van der Waals surface area contributed by atoms with Crippen LogP contribution in [0.4, 0.5) is 15.8 Å². The molecule has 1 atom stereocenters. The Kier molecular flexibility index (Phi) is 5.14. The Morgan fingerprint density at radius 1 is 1.24 bits per heavy atom. The zero-order valence-electron chi connectivity index (χ0n) is 13.5. The van der Waals surface area contributed by atoms with Crippen LogP contribution in [0.25, 0.3) is 0 Å². The molecule has 2 aromatic carbocycles. The Hall–Kier alpha value is -2.67. The molecule has 0 bridgehead atoms. The number of para-hydroxylation sites is 1. The summed E-state index contributed by atoms with van der Waals surface area (Å²) in [5, 5.41) is 2.67. The van der Waals surface area contributed by atoms with Gasteiger partial charge in [0.2, 0.25) is 11.8 Å². The van der Waals surface area contributed by atoms with Gasteiger partial charge in [-0.05, 0) is 30.3 Å². The Morgan fingerprint density at radius 2 is 2.00 bits per heavy atom. The first-order chi connectivity index (χ1) is 12.0. The standard InChI is InChI=1S/C18H16FN3O2S/c1-22-17(24)15(11-16(23)20-13-7-3-2-4-8-13)25-18(22)21-14-9-5-6-12(19)10-14/h2-10,15H,11H2,1H3,(H,20,23). The number of amidine groups is 1. The zero-order valence-corrected chi connectivity index (χ0v) is 14.3. The van der Waals surface area contributed by atoms with Crippen LogP contribution in [0.5, 0.6) is 0 Å². The number of hydrogen-bond donors (Lipinski definition) is 1. The third kappa shape index (κ3) is 4.24. The van der Waals surface area contributed by atoms with Crippen molar-refractivity contribution in [2.45, 2.75) is 11.7 Å². The van der Waals surface area contributed by atoms with E-state index < -0.39 is 11.1 Å². The highest BCUT2D eigenvalue weighted by atomic mass is 32.2. The third-order valence-corrected chi connectivity index (χ3v) is 4.83. The van der Waals surface area contributed by atoms with Crippen molar-refractivity contribution in [1.29, 1.82) is 0 Å². The largest absolute Gasteiger partial charge is 0.326 e. The first-order valence-corrected chi connectivity index (χ1v) is 8.54. The van der Waals surface area contributed by atoms with Crippen LogP contribution in [0.2, 0.25) is 0 Å². The number of hydrogen-bond acceptors (Lipinski definition) is 4. The summed E-state index contributed by atoms with van der Waals surface area (Å²) in [7, 11) is 1.60. The van der Waals surface area contributed by atoms with Crippen molar-refractivity contribution in [2.75, 3.05) is 12.4 Å². The number of benzene rings is 2. The van der Waals surface area contributed by atoms with Crippen molar-refractivity contribution in [3.8, 4) is 0 Å². The third-order valence-electron chi connectivity index (χ3n) is 3.60. The van der Waals surface area contributed by atoms with E-state index in [1.165, 1.54) is 28.8 Å². The Bertz CT molecular complexity index is 826. The fourth-order valence-corrected chi connectivity index (χ4v) is 3.51. The van der Waals surface area contributed by atoms with Gasteiger partial charge in [-0.2, -0.15) is 0 Å². The number of anilines is 1. The molecule has 1 unspecified atom stereocenters. The SMILES string of the molecule is CN1C(=O)C(CC(=O)Nc2ccccc2)SC1=Nc1cccc(F)c1. The zero-order chi connectivity index (χ0) is 17.8. The van der Waals surface area contributed by atoms with Crippen LogP contribution >= 0.6 is 11.8 Å². The molecule has 7 heteroatoms. The van der Waals surface area contributed by atoms with Gasteiger partial charge in [-0.25, -0.2) is 9.38 Å². The minimum atomic E-state index is -0.541. The van der Waals surface area contributed by atoms with Gasteiger partial charge in [0.1, 0.15) is 11.1 Å². The van der Waals surface area contributed by atoms with E-state index in [2.05, 4.69) is 10.3 Å². The lowest BCUT2D eigenvalue weighted by Crippen LogP contribution is -2.30. The molecule has 0 aromatic heterocycles. The summed E-state index contributed by atoms with van der Waals surface area (Å²) in [6.07, 6.45) is 0.0465. The van der Waals surface area contributed by atoms with Gasteiger partial charge in [-0.1, -0.05) is 36.0 Å². The van der Waals surface area contributed by atoms with Gasteiger partial charge < -0.3 is 5.32 Å². The van der Waals surface area contributed by atoms with Crippen molar-refractivity contribution in [3.05, 3.63) is 60.4 Å². The molecule has 0 saturated carbocycles. The first kappa shape index (κ1) is 17.2. The number of carbonyl (C=O) groups excluding carboxylic acids is 2. The Morgan fingerprint density at radius 3 is 2.72 bits per heavy atom. The van der Waals surface area contributed by atoms with E-state index in [0.29, 0.717) is 16.5 Å². The minimum absolute atomic E-state index is 0.0465. The summed E-state index contributed by atoms with van der Waals surface area (Å²) in [6, 6.07) is 14.9. The molecule has 1 N–H and O–H groups in total. The summed E-state index contributed by atoms with van der Waals surface area (Å²) in [5.41, 5.74) is 1.11. The van der Waals surface area contributed by atoms with Crippen LogP contribution in [0.15, 0.2) is 59.6 Å². The van der Waals surface area contributed by atoms with Crippen molar-refractivity contribution >= 4 is 40.1 Å². The molecule has 2 amide bonds. The second-order valence-corrected chi connectivity index (χ2v) is 6.67. The van der Waals surface area contributed by atoms with Crippen LogP contribution < -0.4 is 5.32 Å². The lowest BCUT2D eigenvalue weighted by atomic mass is 10.2. The molecule has 2 aromatic rings. The van der Waals surface area contributed by atoms with Gasteiger partial charge in [0, 0.05) is 19.2 Å². The molecule has 0 aliphatic carbocycles. The average Bonchev–Trinajstić information content (AvgIpc) is 2.84. The quantitative estimate of drug-likeness (QED) is 0.912. The molecule has 0 radical (unpaired) electrons. The van der Waals surface area contributed by atoms with E-state index >= 15 is 0 Å². The van der Waals surface area contributed by atoms with Crippen LogP contribution in [0.3, 0.4) is 0 Å². The highest BCUT2D eigenvalue weighted by Gasteiger charge is 2.36. The van der Waals surface area contributed by atoms with E-state index in [1.807, 2.05) is 18.2 Å². The fourth-order valence-electron chi connectivity index (χ4n) is 2.36. The summed E-state index contributed by atoms with van der Waals surface area (Å²) in [6.45, 7) is 0. The predicted molar refractivity (Wildman–Crippen MR) is 97.3 cm³/mol.